The second-order valence-electron chi connectivity index (χ2n) is 6.46. The Morgan fingerprint density at radius 1 is 1.26 bits per heavy atom. The summed E-state index contributed by atoms with van der Waals surface area (Å²) in [6, 6.07) is 6.16. The van der Waals surface area contributed by atoms with Gasteiger partial charge in [-0.3, -0.25) is 4.79 Å². The summed E-state index contributed by atoms with van der Waals surface area (Å²) in [5.74, 6) is 0.427. The number of hydrogen-bond acceptors (Lipinski definition) is 8. The number of carbonyl (C=O) groups excluding carboxylic acids is 1. The van der Waals surface area contributed by atoms with E-state index in [2.05, 4.69) is 22.4 Å². The lowest BCUT2D eigenvalue weighted by atomic mass is 10.0. The third kappa shape index (κ3) is 4.87. The van der Waals surface area contributed by atoms with Crippen LogP contribution < -0.4 is 5.32 Å². The number of nitrogens with one attached hydrogen (secondary N) is 1. The standard InChI is InChI=1S/C17H22N4O3S3/c1-12-7-9-21(10-8-12)27(23,24)14-5-3-13(4-6-14)15(22)11-18-16-19-20-17(25-2)26-16/h3-6,12H,7-11H2,1-2H3,(H,18,19). The maximum absolute atomic E-state index is 12.7. The Morgan fingerprint density at radius 2 is 1.93 bits per heavy atom. The van der Waals surface area contributed by atoms with Crippen molar-refractivity contribution in [2.75, 3.05) is 31.2 Å². The fourth-order valence-electron chi connectivity index (χ4n) is 2.81. The third-order valence-corrected chi connectivity index (χ3v) is 8.31. The van der Waals surface area contributed by atoms with E-state index in [1.807, 2.05) is 6.26 Å². The van der Waals surface area contributed by atoms with Crippen LogP contribution in [0.15, 0.2) is 33.5 Å². The summed E-state index contributed by atoms with van der Waals surface area (Å²) in [5.41, 5.74) is 0.461. The molecule has 10 heteroatoms. The molecular formula is C17H22N4O3S3. The number of ketones is 1. The molecule has 1 aromatic heterocycles. The number of sulfonamides is 1. The predicted octanol–water partition coefficient (Wildman–Crippen LogP) is 2.98. The molecule has 1 N–H and O–H groups in total. The predicted molar refractivity (Wildman–Crippen MR) is 108 cm³/mol. The number of carbonyl (C=O) groups is 1. The first-order chi connectivity index (χ1) is 12.9. The number of piperidine rings is 1. The Kier molecular flexibility index (Phi) is 6.51. The molecule has 0 amide bonds. The van der Waals surface area contributed by atoms with Crippen LogP contribution >= 0.6 is 23.1 Å². The number of anilines is 1. The van der Waals surface area contributed by atoms with E-state index in [9.17, 15) is 13.2 Å². The van der Waals surface area contributed by atoms with Gasteiger partial charge in [-0.05, 0) is 49.3 Å². The normalized spacial score (nSPS) is 16.4. The summed E-state index contributed by atoms with van der Waals surface area (Å²) in [5, 5.41) is 11.5. The third-order valence-electron chi connectivity index (χ3n) is 4.54. The minimum Gasteiger partial charge on any atom is -0.353 e. The minimum absolute atomic E-state index is 0.0825. The van der Waals surface area contributed by atoms with Crippen LogP contribution in [0, 0.1) is 5.92 Å². The second-order valence-corrected chi connectivity index (χ2v) is 10.4. The number of rotatable bonds is 7. The molecule has 146 valence electrons. The van der Waals surface area contributed by atoms with Gasteiger partial charge in [0.25, 0.3) is 0 Å². The molecule has 3 rings (SSSR count). The first-order valence-electron chi connectivity index (χ1n) is 8.65. The summed E-state index contributed by atoms with van der Waals surface area (Å²) < 4.78 is 27.8. The smallest absolute Gasteiger partial charge is 0.243 e. The topological polar surface area (TPSA) is 92.3 Å². The Balaban J connectivity index is 1.62. The number of nitrogens with zero attached hydrogens (tertiary/aromatic N) is 3. The molecule has 1 aromatic carbocycles. The molecule has 0 saturated carbocycles. The second kappa shape index (κ2) is 8.68. The fourth-order valence-corrected chi connectivity index (χ4v) is 5.44. The largest absolute Gasteiger partial charge is 0.353 e. The van der Waals surface area contributed by atoms with Crippen molar-refractivity contribution in [2.24, 2.45) is 5.92 Å². The van der Waals surface area contributed by atoms with E-state index in [0.29, 0.717) is 29.7 Å². The van der Waals surface area contributed by atoms with Crippen molar-refractivity contribution in [3.63, 3.8) is 0 Å². The van der Waals surface area contributed by atoms with Crippen LogP contribution in [0.25, 0.3) is 0 Å². The lowest BCUT2D eigenvalue weighted by molar-refractivity contribution is 0.101. The van der Waals surface area contributed by atoms with Crippen LogP contribution in [-0.4, -0.2) is 54.6 Å². The number of thioether (sulfide) groups is 1. The van der Waals surface area contributed by atoms with Gasteiger partial charge in [0.1, 0.15) is 0 Å². The Hall–Kier alpha value is -1.49. The van der Waals surface area contributed by atoms with Gasteiger partial charge in [-0.15, -0.1) is 10.2 Å². The molecule has 2 aromatic rings. The Labute approximate surface area is 167 Å². The highest BCUT2D eigenvalue weighted by molar-refractivity contribution is 8.00. The molecule has 27 heavy (non-hydrogen) atoms. The molecule has 7 nitrogen and oxygen atoms in total. The lowest BCUT2D eigenvalue weighted by Gasteiger charge is -2.29. The summed E-state index contributed by atoms with van der Waals surface area (Å²) >= 11 is 2.88. The maximum Gasteiger partial charge on any atom is 0.243 e. The number of Topliss-reactive ketones (excluding diaryl/α,β-unsaturated/α-hetero) is 1. The van der Waals surface area contributed by atoms with E-state index in [1.165, 1.54) is 39.5 Å². The van der Waals surface area contributed by atoms with Gasteiger partial charge in [0.05, 0.1) is 11.4 Å². The highest BCUT2D eigenvalue weighted by Gasteiger charge is 2.28. The highest BCUT2D eigenvalue weighted by atomic mass is 32.2. The summed E-state index contributed by atoms with van der Waals surface area (Å²) in [6.45, 7) is 3.32. The molecule has 0 unspecified atom stereocenters. The van der Waals surface area contributed by atoms with E-state index in [1.54, 1.807) is 12.1 Å². The lowest BCUT2D eigenvalue weighted by Crippen LogP contribution is -2.37. The molecule has 0 bridgehead atoms. The van der Waals surface area contributed by atoms with Crippen molar-refractivity contribution in [3.05, 3.63) is 29.8 Å². The van der Waals surface area contributed by atoms with E-state index in [0.717, 1.165) is 17.2 Å². The van der Waals surface area contributed by atoms with Crippen molar-refractivity contribution < 1.29 is 13.2 Å². The van der Waals surface area contributed by atoms with E-state index >= 15 is 0 Å². The van der Waals surface area contributed by atoms with Crippen molar-refractivity contribution in [3.8, 4) is 0 Å². The number of aromatic nitrogens is 2. The Morgan fingerprint density at radius 3 is 2.52 bits per heavy atom. The molecule has 0 atom stereocenters. The van der Waals surface area contributed by atoms with Crippen LogP contribution in [0.3, 0.4) is 0 Å². The number of hydrogen-bond donors (Lipinski definition) is 1. The van der Waals surface area contributed by atoms with Gasteiger partial charge in [0, 0.05) is 18.7 Å². The first kappa shape index (κ1) is 20.2. The SMILES string of the molecule is CSc1nnc(NCC(=O)c2ccc(S(=O)(=O)N3CCC(C)CC3)cc2)s1. The molecule has 0 spiro atoms. The van der Waals surface area contributed by atoms with Gasteiger partial charge < -0.3 is 5.32 Å². The molecule has 2 heterocycles. The number of benzene rings is 1. The van der Waals surface area contributed by atoms with Crippen molar-refractivity contribution in [2.45, 2.75) is 29.0 Å². The summed E-state index contributed by atoms with van der Waals surface area (Å²) in [4.78, 5) is 12.6. The molecule has 1 saturated heterocycles. The maximum atomic E-state index is 12.7. The highest BCUT2D eigenvalue weighted by Crippen LogP contribution is 2.24. The monoisotopic (exact) mass is 426 g/mol. The van der Waals surface area contributed by atoms with Crippen molar-refractivity contribution in [1.29, 1.82) is 0 Å². The van der Waals surface area contributed by atoms with E-state index in [4.69, 9.17) is 0 Å². The summed E-state index contributed by atoms with van der Waals surface area (Å²) in [6.07, 6.45) is 3.67. The average Bonchev–Trinajstić information content (AvgIpc) is 3.15. The molecule has 1 fully saturated rings. The van der Waals surface area contributed by atoms with E-state index < -0.39 is 10.0 Å². The van der Waals surface area contributed by atoms with Crippen LogP contribution in [0.4, 0.5) is 5.13 Å². The van der Waals surface area contributed by atoms with Gasteiger partial charge >= 0.3 is 0 Å². The quantitative estimate of drug-likeness (QED) is 0.537. The summed E-state index contributed by atoms with van der Waals surface area (Å²) in [7, 11) is -3.50. The van der Waals surface area contributed by atoms with Crippen LogP contribution in [0.1, 0.15) is 30.1 Å². The average molecular weight is 427 g/mol. The zero-order valence-corrected chi connectivity index (χ0v) is 17.7. The molecular weight excluding hydrogens is 404 g/mol. The zero-order chi connectivity index (χ0) is 19.4. The fraction of sp³-hybridized carbons (Fsp3) is 0.471. The minimum atomic E-state index is -3.50. The van der Waals surface area contributed by atoms with Crippen LogP contribution in [-0.2, 0) is 10.0 Å². The Bertz CT molecular complexity index is 888. The van der Waals surface area contributed by atoms with Crippen LogP contribution in [0.5, 0.6) is 0 Å². The molecule has 1 aliphatic rings. The molecule has 0 aliphatic carbocycles. The van der Waals surface area contributed by atoms with Gasteiger partial charge in [0.15, 0.2) is 10.1 Å². The van der Waals surface area contributed by atoms with Crippen molar-refractivity contribution in [1.82, 2.24) is 14.5 Å². The first-order valence-corrected chi connectivity index (χ1v) is 12.1. The van der Waals surface area contributed by atoms with Gasteiger partial charge in [-0.2, -0.15) is 4.31 Å². The zero-order valence-electron chi connectivity index (χ0n) is 15.2. The van der Waals surface area contributed by atoms with Gasteiger partial charge in [0.2, 0.25) is 15.2 Å². The molecule has 0 radical (unpaired) electrons. The van der Waals surface area contributed by atoms with Gasteiger partial charge in [-0.1, -0.05) is 30.0 Å². The van der Waals surface area contributed by atoms with E-state index in [-0.39, 0.29) is 17.2 Å². The van der Waals surface area contributed by atoms with Crippen LogP contribution in [0.2, 0.25) is 0 Å². The molecule has 1 aliphatic heterocycles. The van der Waals surface area contributed by atoms with Crippen molar-refractivity contribution >= 4 is 44.0 Å². The van der Waals surface area contributed by atoms with Gasteiger partial charge in [-0.25, -0.2) is 8.42 Å².